The van der Waals surface area contributed by atoms with E-state index < -0.39 is 0 Å². The molecule has 0 bridgehead atoms. The summed E-state index contributed by atoms with van der Waals surface area (Å²) >= 11 is 1.95. The van der Waals surface area contributed by atoms with Gasteiger partial charge in [0.1, 0.15) is 0 Å². The van der Waals surface area contributed by atoms with E-state index in [1.54, 1.807) is 0 Å². The van der Waals surface area contributed by atoms with Crippen molar-refractivity contribution in [3.05, 3.63) is 35.9 Å². The van der Waals surface area contributed by atoms with E-state index >= 15 is 0 Å². The molecule has 0 spiro atoms. The van der Waals surface area contributed by atoms with E-state index in [-0.39, 0.29) is 28.7 Å². The van der Waals surface area contributed by atoms with Crippen molar-refractivity contribution in [2.45, 2.75) is 43.4 Å². The molecule has 0 amide bonds. The molecular formula is C19H32IN3OS. The Morgan fingerprint density at radius 3 is 2.56 bits per heavy atom. The molecule has 1 heterocycles. The quantitative estimate of drug-likeness (QED) is 0.357. The first-order chi connectivity index (χ1) is 11.7. The minimum atomic E-state index is 0. The molecule has 1 unspecified atom stereocenters. The molecule has 0 aromatic heterocycles. The Bertz CT molecular complexity index is 507. The highest BCUT2D eigenvalue weighted by molar-refractivity contribution is 14.0. The van der Waals surface area contributed by atoms with Gasteiger partial charge in [0.05, 0.1) is 0 Å². The van der Waals surface area contributed by atoms with Gasteiger partial charge in [-0.2, -0.15) is 11.8 Å². The molecule has 2 N–H and O–H groups in total. The Balaban J connectivity index is 0.00000312. The van der Waals surface area contributed by atoms with Crippen LogP contribution < -0.4 is 10.6 Å². The van der Waals surface area contributed by atoms with Crippen molar-refractivity contribution >= 4 is 41.7 Å². The molecule has 142 valence electrons. The number of rotatable bonds is 7. The van der Waals surface area contributed by atoms with Crippen LogP contribution in [-0.4, -0.2) is 49.8 Å². The van der Waals surface area contributed by atoms with Crippen LogP contribution in [0, 0.1) is 0 Å². The average molecular weight is 477 g/mol. The van der Waals surface area contributed by atoms with E-state index in [2.05, 4.69) is 59.1 Å². The molecule has 2 rings (SSSR count). The van der Waals surface area contributed by atoms with E-state index in [4.69, 9.17) is 4.74 Å². The fraction of sp³-hybridized carbons (Fsp3) is 0.632. The molecule has 1 saturated heterocycles. The van der Waals surface area contributed by atoms with Crippen molar-refractivity contribution in [1.82, 2.24) is 10.6 Å². The monoisotopic (exact) mass is 477 g/mol. The molecule has 25 heavy (non-hydrogen) atoms. The second kappa shape index (κ2) is 12.0. The summed E-state index contributed by atoms with van der Waals surface area (Å²) in [4.78, 5) is 4.39. The highest BCUT2D eigenvalue weighted by Gasteiger charge is 2.31. The van der Waals surface area contributed by atoms with Crippen molar-refractivity contribution in [3.8, 4) is 0 Å². The fourth-order valence-corrected chi connectivity index (χ4v) is 3.76. The Morgan fingerprint density at radius 1 is 1.28 bits per heavy atom. The van der Waals surface area contributed by atoms with Gasteiger partial charge in [-0.25, -0.2) is 0 Å². The summed E-state index contributed by atoms with van der Waals surface area (Å²) in [7, 11) is 1.84. The second-order valence-electron chi connectivity index (χ2n) is 6.49. The number of benzene rings is 1. The van der Waals surface area contributed by atoms with Gasteiger partial charge < -0.3 is 15.4 Å². The van der Waals surface area contributed by atoms with Crippen molar-refractivity contribution in [3.63, 3.8) is 0 Å². The lowest BCUT2D eigenvalue weighted by Crippen LogP contribution is -2.49. The van der Waals surface area contributed by atoms with Gasteiger partial charge in [-0.15, -0.1) is 24.0 Å². The number of aliphatic imine (C=N–C) groups is 1. The summed E-state index contributed by atoms with van der Waals surface area (Å²) in [5.74, 6) is 0.899. The molecule has 0 radical (unpaired) electrons. The lowest BCUT2D eigenvalue weighted by atomic mass is 9.99. The number of hydrogen-bond acceptors (Lipinski definition) is 3. The smallest absolute Gasteiger partial charge is 0.191 e. The van der Waals surface area contributed by atoms with Crippen molar-refractivity contribution < 1.29 is 4.74 Å². The van der Waals surface area contributed by atoms with Crippen molar-refractivity contribution in [2.24, 2.45) is 4.99 Å². The molecule has 1 atom stereocenters. The number of guanidine groups is 1. The van der Waals surface area contributed by atoms with Crippen LogP contribution in [0.15, 0.2) is 35.3 Å². The van der Waals surface area contributed by atoms with E-state index in [9.17, 15) is 0 Å². The van der Waals surface area contributed by atoms with Crippen LogP contribution in [0.5, 0.6) is 0 Å². The van der Waals surface area contributed by atoms with Crippen molar-refractivity contribution in [1.29, 1.82) is 0 Å². The second-order valence-corrected chi connectivity index (χ2v) is 7.77. The van der Waals surface area contributed by atoms with E-state index in [1.165, 1.54) is 5.56 Å². The maximum Gasteiger partial charge on any atom is 0.191 e. The van der Waals surface area contributed by atoms with Crippen LogP contribution in [0.1, 0.15) is 31.7 Å². The Morgan fingerprint density at radius 2 is 1.96 bits per heavy atom. The van der Waals surface area contributed by atoms with Crippen LogP contribution in [-0.2, 0) is 11.2 Å². The van der Waals surface area contributed by atoms with E-state index in [0.717, 1.165) is 51.4 Å². The van der Waals surface area contributed by atoms with Crippen molar-refractivity contribution in [2.75, 3.05) is 33.1 Å². The number of nitrogens with zero attached hydrogens (tertiary/aromatic N) is 1. The molecule has 1 fully saturated rings. The van der Waals surface area contributed by atoms with Crippen LogP contribution >= 0.6 is 35.7 Å². The standard InChI is InChI=1S/C19H31N3OS.HI/c1-16(9-10-17-7-5-4-6-8-17)22-18(20-2)21-15-19(24-3)11-13-23-14-12-19;/h4-8,16H,9-15H2,1-3H3,(H2,20,21,22);1H. The Labute approximate surface area is 174 Å². The van der Waals surface area contributed by atoms with Crippen LogP contribution in [0.2, 0.25) is 0 Å². The summed E-state index contributed by atoms with van der Waals surface area (Å²) < 4.78 is 5.78. The molecule has 0 aliphatic carbocycles. The Hall–Kier alpha value is -0.470. The normalized spacial score (nSPS) is 18.1. The lowest BCUT2D eigenvalue weighted by molar-refractivity contribution is 0.0782. The molecule has 1 aliphatic rings. The van der Waals surface area contributed by atoms with Gasteiger partial charge >= 0.3 is 0 Å². The molecule has 4 nitrogen and oxygen atoms in total. The summed E-state index contributed by atoms with van der Waals surface area (Å²) in [5, 5.41) is 7.04. The third-order valence-electron chi connectivity index (χ3n) is 4.73. The minimum absolute atomic E-state index is 0. The molecule has 1 aliphatic heterocycles. The number of thioether (sulfide) groups is 1. The third kappa shape index (κ3) is 7.74. The van der Waals surface area contributed by atoms with E-state index in [0.29, 0.717) is 6.04 Å². The molecule has 0 saturated carbocycles. The Kier molecular flexibility index (Phi) is 10.8. The molecular weight excluding hydrogens is 445 g/mol. The number of nitrogens with one attached hydrogen (secondary N) is 2. The zero-order valence-electron chi connectivity index (χ0n) is 15.6. The number of halogens is 1. The average Bonchev–Trinajstić information content (AvgIpc) is 2.65. The fourth-order valence-electron chi connectivity index (χ4n) is 2.97. The van der Waals surface area contributed by atoms with Gasteiger partial charge in [-0.05, 0) is 44.4 Å². The summed E-state index contributed by atoms with van der Waals surface area (Å²) in [5.41, 5.74) is 1.39. The van der Waals surface area contributed by atoms with Gasteiger partial charge in [0, 0.05) is 37.6 Å². The minimum Gasteiger partial charge on any atom is -0.381 e. The zero-order valence-corrected chi connectivity index (χ0v) is 18.7. The van der Waals surface area contributed by atoms with Gasteiger partial charge in [0.2, 0.25) is 0 Å². The highest BCUT2D eigenvalue weighted by atomic mass is 127. The molecule has 1 aromatic carbocycles. The largest absolute Gasteiger partial charge is 0.381 e. The lowest BCUT2D eigenvalue weighted by Gasteiger charge is -2.36. The van der Waals surface area contributed by atoms with Gasteiger partial charge in [-0.3, -0.25) is 4.99 Å². The zero-order chi connectivity index (χ0) is 17.3. The van der Waals surface area contributed by atoms with Gasteiger partial charge in [0.15, 0.2) is 5.96 Å². The van der Waals surface area contributed by atoms with Crippen LogP contribution in [0.3, 0.4) is 0 Å². The number of ether oxygens (including phenoxy) is 1. The first kappa shape index (κ1) is 22.6. The maximum absolute atomic E-state index is 5.51. The van der Waals surface area contributed by atoms with Crippen LogP contribution in [0.4, 0.5) is 0 Å². The molecule has 1 aromatic rings. The maximum atomic E-state index is 5.51. The summed E-state index contributed by atoms with van der Waals surface area (Å²) in [6.07, 6.45) is 6.57. The highest BCUT2D eigenvalue weighted by Crippen LogP contribution is 2.32. The van der Waals surface area contributed by atoms with E-state index in [1.807, 2.05) is 18.8 Å². The predicted molar refractivity (Wildman–Crippen MR) is 120 cm³/mol. The molecule has 6 heteroatoms. The van der Waals surface area contributed by atoms with Crippen LogP contribution in [0.25, 0.3) is 0 Å². The first-order valence-corrected chi connectivity index (χ1v) is 10.0. The third-order valence-corrected chi connectivity index (χ3v) is 6.15. The predicted octanol–water partition coefficient (Wildman–Crippen LogP) is 3.70. The number of aryl methyl sites for hydroxylation is 1. The SMILES string of the molecule is CN=C(NCC1(SC)CCOCC1)NC(C)CCc1ccccc1.I. The van der Waals surface area contributed by atoms with Gasteiger partial charge in [-0.1, -0.05) is 30.3 Å². The first-order valence-electron chi connectivity index (χ1n) is 8.81. The van der Waals surface area contributed by atoms with Gasteiger partial charge in [0.25, 0.3) is 0 Å². The number of hydrogen-bond donors (Lipinski definition) is 2. The summed E-state index contributed by atoms with van der Waals surface area (Å²) in [6, 6.07) is 11.0. The summed E-state index contributed by atoms with van der Waals surface area (Å²) in [6.45, 7) is 4.88. The topological polar surface area (TPSA) is 45.7 Å².